The van der Waals surface area contributed by atoms with Gasteiger partial charge >= 0.3 is 0 Å². The van der Waals surface area contributed by atoms with Crippen molar-refractivity contribution in [2.45, 2.75) is 56.8 Å². The molecule has 0 saturated heterocycles. The topological polar surface area (TPSA) is 60.2 Å². The molecule has 1 rings (SSSR count). The number of nitrogens with two attached hydrogens (primary N) is 1. The number of sulfone groups is 1. The molecular formula is C15H24FNO2S. The van der Waals surface area contributed by atoms with E-state index in [1.807, 2.05) is 0 Å². The summed E-state index contributed by atoms with van der Waals surface area (Å²) in [6.07, 6.45) is 7.28. The van der Waals surface area contributed by atoms with Crippen molar-refractivity contribution in [3.8, 4) is 0 Å². The van der Waals surface area contributed by atoms with Gasteiger partial charge in [0.2, 0.25) is 0 Å². The van der Waals surface area contributed by atoms with Gasteiger partial charge in [-0.05, 0) is 24.6 Å². The number of unbranched alkanes of at least 4 members (excludes halogenated alkanes) is 6. The monoisotopic (exact) mass is 301 g/mol. The van der Waals surface area contributed by atoms with Gasteiger partial charge in [0.1, 0.15) is 10.7 Å². The van der Waals surface area contributed by atoms with E-state index in [9.17, 15) is 12.8 Å². The third-order valence-corrected chi connectivity index (χ3v) is 5.13. The fraction of sp³-hybridized carbons (Fsp3) is 0.600. The smallest absolute Gasteiger partial charge is 0.181 e. The maximum absolute atomic E-state index is 13.6. The van der Waals surface area contributed by atoms with Gasteiger partial charge in [-0.2, -0.15) is 0 Å². The first-order valence-electron chi connectivity index (χ1n) is 7.25. The van der Waals surface area contributed by atoms with Crippen molar-refractivity contribution in [1.82, 2.24) is 0 Å². The summed E-state index contributed by atoms with van der Waals surface area (Å²) in [4.78, 5) is -0.238. The van der Waals surface area contributed by atoms with E-state index in [-0.39, 0.29) is 16.3 Å². The van der Waals surface area contributed by atoms with Crippen LogP contribution in [0.4, 0.5) is 10.1 Å². The lowest BCUT2D eigenvalue weighted by Crippen LogP contribution is -2.09. The van der Waals surface area contributed by atoms with Crippen LogP contribution >= 0.6 is 0 Å². The first-order chi connectivity index (χ1) is 9.47. The molecule has 0 fully saturated rings. The number of rotatable bonds is 9. The van der Waals surface area contributed by atoms with Crippen LogP contribution in [-0.4, -0.2) is 14.2 Å². The fourth-order valence-corrected chi connectivity index (χ4v) is 3.56. The molecule has 0 bridgehead atoms. The Morgan fingerprint density at radius 2 is 1.65 bits per heavy atom. The molecule has 0 aromatic heterocycles. The van der Waals surface area contributed by atoms with E-state index in [1.54, 1.807) is 0 Å². The summed E-state index contributed by atoms with van der Waals surface area (Å²) in [5.41, 5.74) is 5.65. The Bertz CT molecular complexity index is 515. The second kappa shape index (κ2) is 8.25. The summed E-state index contributed by atoms with van der Waals surface area (Å²) in [7, 11) is -3.54. The van der Waals surface area contributed by atoms with Crippen LogP contribution in [0.15, 0.2) is 23.1 Å². The van der Waals surface area contributed by atoms with E-state index in [0.717, 1.165) is 25.3 Å². The van der Waals surface area contributed by atoms with Crippen molar-refractivity contribution in [1.29, 1.82) is 0 Å². The van der Waals surface area contributed by atoms with E-state index in [4.69, 9.17) is 5.73 Å². The van der Waals surface area contributed by atoms with Crippen molar-refractivity contribution in [3.05, 3.63) is 24.0 Å². The number of hydrogen-bond donors (Lipinski definition) is 1. The first kappa shape index (κ1) is 17.0. The molecular weight excluding hydrogens is 277 g/mol. The standard InChI is InChI=1S/C15H24FNO2S/c1-2-3-4-5-6-7-8-11-20(18,19)15-10-9-13(17)12-14(15)16/h9-10,12H,2-8,11,17H2,1H3. The molecule has 5 heteroatoms. The van der Waals surface area contributed by atoms with Crippen LogP contribution in [0, 0.1) is 5.82 Å². The maximum Gasteiger partial charge on any atom is 0.181 e. The van der Waals surface area contributed by atoms with Crippen LogP contribution in [0.2, 0.25) is 0 Å². The van der Waals surface area contributed by atoms with Crippen molar-refractivity contribution in [3.63, 3.8) is 0 Å². The molecule has 0 spiro atoms. The molecule has 3 nitrogen and oxygen atoms in total. The highest BCUT2D eigenvalue weighted by Crippen LogP contribution is 2.20. The van der Waals surface area contributed by atoms with E-state index < -0.39 is 15.7 Å². The van der Waals surface area contributed by atoms with E-state index >= 15 is 0 Å². The molecule has 0 saturated carbocycles. The minimum Gasteiger partial charge on any atom is -0.399 e. The molecule has 0 aliphatic carbocycles. The molecule has 20 heavy (non-hydrogen) atoms. The zero-order chi connectivity index (χ0) is 15.0. The first-order valence-corrected chi connectivity index (χ1v) is 8.90. The molecule has 0 aliphatic heterocycles. The van der Waals surface area contributed by atoms with E-state index in [1.165, 1.54) is 31.4 Å². The van der Waals surface area contributed by atoms with Gasteiger partial charge in [0, 0.05) is 5.69 Å². The maximum atomic E-state index is 13.6. The van der Waals surface area contributed by atoms with Gasteiger partial charge in [-0.1, -0.05) is 45.4 Å². The van der Waals surface area contributed by atoms with Gasteiger partial charge in [-0.25, -0.2) is 12.8 Å². The third kappa shape index (κ3) is 5.49. The predicted molar refractivity (Wildman–Crippen MR) is 80.9 cm³/mol. The quantitative estimate of drug-likeness (QED) is 0.555. The SMILES string of the molecule is CCCCCCCCCS(=O)(=O)c1ccc(N)cc1F. The average molecular weight is 301 g/mol. The highest BCUT2D eigenvalue weighted by atomic mass is 32.2. The number of hydrogen-bond acceptors (Lipinski definition) is 3. The van der Waals surface area contributed by atoms with E-state index in [0.29, 0.717) is 6.42 Å². The largest absolute Gasteiger partial charge is 0.399 e. The molecule has 0 heterocycles. The number of anilines is 1. The van der Waals surface area contributed by atoms with Gasteiger partial charge in [0.05, 0.1) is 5.75 Å². The van der Waals surface area contributed by atoms with Crippen LogP contribution in [0.1, 0.15) is 51.9 Å². The lowest BCUT2D eigenvalue weighted by atomic mass is 10.1. The Balaban J connectivity index is 2.42. The molecule has 0 radical (unpaired) electrons. The second-order valence-electron chi connectivity index (χ2n) is 5.13. The Morgan fingerprint density at radius 1 is 1.05 bits per heavy atom. The normalized spacial score (nSPS) is 11.7. The van der Waals surface area contributed by atoms with Gasteiger partial charge < -0.3 is 5.73 Å². The molecule has 0 unspecified atom stereocenters. The fourth-order valence-electron chi connectivity index (χ4n) is 2.13. The van der Waals surface area contributed by atoms with Gasteiger partial charge in [-0.3, -0.25) is 0 Å². The molecule has 2 N–H and O–H groups in total. The van der Waals surface area contributed by atoms with Gasteiger partial charge in [0.25, 0.3) is 0 Å². The van der Waals surface area contributed by atoms with Crippen LogP contribution in [0.3, 0.4) is 0 Å². The highest BCUT2D eigenvalue weighted by molar-refractivity contribution is 7.91. The van der Waals surface area contributed by atoms with Crippen molar-refractivity contribution in [2.75, 3.05) is 11.5 Å². The molecule has 0 amide bonds. The van der Waals surface area contributed by atoms with Crippen LogP contribution in [0.5, 0.6) is 0 Å². The summed E-state index contributed by atoms with van der Waals surface area (Å²) in [5.74, 6) is -0.755. The minimum absolute atomic E-state index is 0.00160. The van der Waals surface area contributed by atoms with Crippen LogP contribution < -0.4 is 5.73 Å². The summed E-state index contributed by atoms with van der Waals surface area (Å²) in [6, 6.07) is 3.72. The Labute approximate surface area is 121 Å². The van der Waals surface area contributed by atoms with Crippen molar-refractivity contribution >= 4 is 15.5 Å². The minimum atomic E-state index is -3.54. The van der Waals surface area contributed by atoms with Gasteiger partial charge in [-0.15, -0.1) is 0 Å². The lowest BCUT2D eigenvalue weighted by Gasteiger charge is -2.06. The second-order valence-corrected chi connectivity index (χ2v) is 7.21. The predicted octanol–water partition coefficient (Wildman–Crippen LogP) is 3.93. The number of halogens is 1. The highest BCUT2D eigenvalue weighted by Gasteiger charge is 2.18. The Morgan fingerprint density at radius 3 is 2.25 bits per heavy atom. The van der Waals surface area contributed by atoms with Crippen LogP contribution in [-0.2, 0) is 9.84 Å². The lowest BCUT2D eigenvalue weighted by molar-refractivity contribution is 0.560. The summed E-state index contributed by atoms with van der Waals surface area (Å²) >= 11 is 0. The summed E-state index contributed by atoms with van der Waals surface area (Å²) in [6.45, 7) is 2.16. The van der Waals surface area contributed by atoms with Crippen LogP contribution in [0.25, 0.3) is 0 Å². The third-order valence-electron chi connectivity index (χ3n) is 3.31. The van der Waals surface area contributed by atoms with Crippen molar-refractivity contribution < 1.29 is 12.8 Å². The van der Waals surface area contributed by atoms with E-state index in [2.05, 4.69) is 6.92 Å². The van der Waals surface area contributed by atoms with Gasteiger partial charge in [0.15, 0.2) is 9.84 Å². The summed E-state index contributed by atoms with van der Waals surface area (Å²) < 4.78 is 37.6. The van der Waals surface area contributed by atoms with Crippen molar-refractivity contribution in [2.24, 2.45) is 0 Å². The Hall–Kier alpha value is -1.10. The Kier molecular flexibility index (Phi) is 6.99. The number of benzene rings is 1. The molecule has 114 valence electrons. The molecule has 1 aromatic rings. The molecule has 1 aromatic carbocycles. The molecule has 0 atom stereocenters. The zero-order valence-electron chi connectivity index (χ0n) is 12.1. The zero-order valence-corrected chi connectivity index (χ0v) is 12.9. The summed E-state index contributed by atoms with van der Waals surface area (Å²) in [5, 5.41) is 0. The number of nitrogen functional groups attached to an aromatic ring is 1. The molecule has 0 aliphatic rings. The average Bonchev–Trinajstić information content (AvgIpc) is 2.37.